The highest BCUT2D eigenvalue weighted by Gasteiger charge is 2.34. The Balaban J connectivity index is 2.24. The van der Waals surface area contributed by atoms with Gasteiger partial charge in [-0.3, -0.25) is 4.90 Å². The smallest absolute Gasteiger partial charge is 0.125 e. The Labute approximate surface area is 122 Å². The van der Waals surface area contributed by atoms with Gasteiger partial charge < -0.3 is 9.84 Å². The first-order valence-corrected chi connectivity index (χ1v) is 7.74. The van der Waals surface area contributed by atoms with Crippen molar-refractivity contribution in [3.63, 3.8) is 0 Å². The molecule has 1 heterocycles. The molecule has 1 aliphatic heterocycles. The number of hydrogen-bond acceptors (Lipinski definition) is 3. The average molecular weight is 277 g/mol. The summed E-state index contributed by atoms with van der Waals surface area (Å²) in [6, 6.07) is 4.22. The summed E-state index contributed by atoms with van der Waals surface area (Å²) in [6.45, 7) is 11.0. The number of aliphatic hydroxyl groups excluding tert-OH is 1. The SMILES string of the molecule is CCCCN(CC)C1COc2cc(C)cc(C)c2C1O. The van der Waals surface area contributed by atoms with Crippen molar-refractivity contribution >= 4 is 0 Å². The van der Waals surface area contributed by atoms with E-state index in [4.69, 9.17) is 4.74 Å². The van der Waals surface area contributed by atoms with Crippen LogP contribution < -0.4 is 4.74 Å². The monoisotopic (exact) mass is 277 g/mol. The molecule has 2 atom stereocenters. The molecular weight excluding hydrogens is 250 g/mol. The summed E-state index contributed by atoms with van der Waals surface area (Å²) in [5.74, 6) is 0.859. The highest BCUT2D eigenvalue weighted by atomic mass is 16.5. The lowest BCUT2D eigenvalue weighted by Crippen LogP contribution is -2.46. The van der Waals surface area contributed by atoms with E-state index in [1.807, 2.05) is 6.07 Å². The summed E-state index contributed by atoms with van der Waals surface area (Å²) in [5.41, 5.74) is 3.29. The molecule has 0 amide bonds. The fourth-order valence-corrected chi connectivity index (χ4v) is 3.12. The molecule has 112 valence electrons. The van der Waals surface area contributed by atoms with Crippen molar-refractivity contribution in [3.8, 4) is 5.75 Å². The molecule has 1 aromatic rings. The van der Waals surface area contributed by atoms with Crippen LogP contribution in [0.3, 0.4) is 0 Å². The fraction of sp³-hybridized carbons (Fsp3) is 0.647. The van der Waals surface area contributed by atoms with Crippen molar-refractivity contribution in [1.29, 1.82) is 0 Å². The standard InChI is InChI=1S/C17H27NO2/c1-5-7-8-18(6-2)14-11-20-15-10-12(3)9-13(4)16(15)17(14)19/h9-10,14,17,19H,5-8,11H2,1-4H3. The highest BCUT2D eigenvalue weighted by molar-refractivity contribution is 5.46. The van der Waals surface area contributed by atoms with Gasteiger partial charge >= 0.3 is 0 Å². The van der Waals surface area contributed by atoms with Gasteiger partial charge in [-0.25, -0.2) is 0 Å². The number of benzene rings is 1. The molecule has 3 nitrogen and oxygen atoms in total. The average Bonchev–Trinajstić information content (AvgIpc) is 2.40. The van der Waals surface area contributed by atoms with Crippen LogP contribution in [0, 0.1) is 13.8 Å². The number of fused-ring (bicyclic) bond motifs is 1. The molecule has 0 bridgehead atoms. The minimum absolute atomic E-state index is 0.0699. The van der Waals surface area contributed by atoms with Crippen molar-refractivity contribution in [1.82, 2.24) is 4.90 Å². The van der Waals surface area contributed by atoms with Crippen LogP contribution in [0.25, 0.3) is 0 Å². The van der Waals surface area contributed by atoms with E-state index in [0.29, 0.717) is 6.61 Å². The van der Waals surface area contributed by atoms with Crippen LogP contribution in [0.4, 0.5) is 0 Å². The third-order valence-corrected chi connectivity index (χ3v) is 4.24. The van der Waals surface area contributed by atoms with E-state index in [0.717, 1.165) is 36.4 Å². The number of unbranched alkanes of at least 4 members (excludes halogenated alkanes) is 1. The van der Waals surface area contributed by atoms with Gasteiger partial charge in [-0.1, -0.05) is 26.3 Å². The summed E-state index contributed by atoms with van der Waals surface area (Å²) < 4.78 is 5.93. The second kappa shape index (κ2) is 6.59. The molecule has 3 heteroatoms. The van der Waals surface area contributed by atoms with Gasteiger partial charge in [0.1, 0.15) is 18.5 Å². The Kier molecular flexibility index (Phi) is 5.06. The Hall–Kier alpha value is -1.06. The first kappa shape index (κ1) is 15.3. The van der Waals surface area contributed by atoms with Gasteiger partial charge in [0.15, 0.2) is 0 Å². The predicted octanol–water partition coefficient (Wildman–Crippen LogP) is 3.22. The van der Waals surface area contributed by atoms with Crippen molar-refractivity contribution < 1.29 is 9.84 Å². The number of aliphatic hydroxyl groups is 1. The summed E-state index contributed by atoms with van der Waals surface area (Å²) in [7, 11) is 0. The third kappa shape index (κ3) is 2.99. The molecular formula is C17H27NO2. The fourth-order valence-electron chi connectivity index (χ4n) is 3.12. The molecule has 1 N–H and O–H groups in total. The van der Waals surface area contributed by atoms with E-state index in [-0.39, 0.29) is 6.04 Å². The summed E-state index contributed by atoms with van der Waals surface area (Å²) in [4.78, 5) is 2.34. The molecule has 1 aliphatic rings. The molecule has 0 saturated heterocycles. The van der Waals surface area contributed by atoms with Crippen LogP contribution in [0.1, 0.15) is 49.5 Å². The number of nitrogens with zero attached hydrogens (tertiary/aromatic N) is 1. The summed E-state index contributed by atoms with van der Waals surface area (Å²) in [5, 5.41) is 10.8. The number of likely N-dealkylation sites (N-methyl/N-ethyl adjacent to an activating group) is 1. The maximum absolute atomic E-state index is 10.8. The minimum Gasteiger partial charge on any atom is -0.491 e. The summed E-state index contributed by atoms with van der Waals surface area (Å²) in [6.07, 6.45) is 1.89. The second-order valence-corrected chi connectivity index (χ2v) is 5.80. The Bertz CT molecular complexity index is 459. The van der Waals surface area contributed by atoms with Gasteiger partial charge in [0.25, 0.3) is 0 Å². The Morgan fingerprint density at radius 1 is 1.30 bits per heavy atom. The third-order valence-electron chi connectivity index (χ3n) is 4.24. The molecule has 1 aromatic carbocycles. The van der Waals surface area contributed by atoms with E-state index in [1.165, 1.54) is 12.0 Å². The lowest BCUT2D eigenvalue weighted by molar-refractivity contribution is 0.00459. The van der Waals surface area contributed by atoms with Gasteiger partial charge in [0.05, 0.1) is 6.04 Å². The Morgan fingerprint density at radius 2 is 2.05 bits per heavy atom. The number of ether oxygens (including phenoxy) is 1. The summed E-state index contributed by atoms with van der Waals surface area (Å²) >= 11 is 0. The highest BCUT2D eigenvalue weighted by Crippen LogP contribution is 2.37. The molecule has 0 aromatic heterocycles. The van der Waals surface area contributed by atoms with E-state index >= 15 is 0 Å². The topological polar surface area (TPSA) is 32.7 Å². The van der Waals surface area contributed by atoms with Crippen molar-refractivity contribution in [2.24, 2.45) is 0 Å². The van der Waals surface area contributed by atoms with Gasteiger partial charge in [0, 0.05) is 5.56 Å². The zero-order chi connectivity index (χ0) is 14.7. The zero-order valence-corrected chi connectivity index (χ0v) is 13.1. The van der Waals surface area contributed by atoms with E-state index in [9.17, 15) is 5.11 Å². The maximum Gasteiger partial charge on any atom is 0.125 e. The first-order chi connectivity index (χ1) is 9.58. The quantitative estimate of drug-likeness (QED) is 0.897. The molecule has 2 rings (SSSR count). The molecule has 0 saturated carbocycles. The van der Waals surface area contributed by atoms with Gasteiger partial charge in [0.2, 0.25) is 0 Å². The van der Waals surface area contributed by atoms with Gasteiger partial charge in [-0.15, -0.1) is 0 Å². The van der Waals surface area contributed by atoms with E-state index in [1.54, 1.807) is 0 Å². The molecule has 0 spiro atoms. The molecule has 0 fully saturated rings. The van der Waals surface area contributed by atoms with E-state index < -0.39 is 6.10 Å². The molecule has 0 aliphatic carbocycles. The normalized spacial score (nSPS) is 21.7. The lowest BCUT2D eigenvalue weighted by Gasteiger charge is -2.38. The van der Waals surface area contributed by atoms with Crippen molar-refractivity contribution in [2.45, 2.75) is 52.7 Å². The van der Waals surface area contributed by atoms with Gasteiger partial charge in [-0.05, 0) is 50.6 Å². The molecule has 0 radical (unpaired) electrons. The van der Waals surface area contributed by atoms with Crippen LogP contribution in [0.5, 0.6) is 5.75 Å². The molecule has 2 unspecified atom stereocenters. The lowest BCUT2D eigenvalue weighted by atomic mass is 9.92. The molecule has 20 heavy (non-hydrogen) atoms. The zero-order valence-electron chi connectivity index (χ0n) is 13.1. The van der Waals surface area contributed by atoms with Crippen LogP contribution >= 0.6 is 0 Å². The van der Waals surface area contributed by atoms with E-state index in [2.05, 4.69) is 38.7 Å². The van der Waals surface area contributed by atoms with Crippen LogP contribution in [0.2, 0.25) is 0 Å². The minimum atomic E-state index is -0.448. The van der Waals surface area contributed by atoms with Crippen LogP contribution in [-0.2, 0) is 0 Å². The first-order valence-electron chi connectivity index (χ1n) is 7.74. The van der Waals surface area contributed by atoms with Crippen LogP contribution in [-0.4, -0.2) is 35.7 Å². The number of aryl methyl sites for hydroxylation is 2. The van der Waals surface area contributed by atoms with Crippen molar-refractivity contribution in [2.75, 3.05) is 19.7 Å². The largest absolute Gasteiger partial charge is 0.491 e. The van der Waals surface area contributed by atoms with Gasteiger partial charge in [-0.2, -0.15) is 0 Å². The van der Waals surface area contributed by atoms with Crippen molar-refractivity contribution in [3.05, 3.63) is 28.8 Å². The number of rotatable bonds is 5. The maximum atomic E-state index is 10.8. The number of hydrogen-bond donors (Lipinski definition) is 1. The Morgan fingerprint density at radius 3 is 2.70 bits per heavy atom. The van der Waals surface area contributed by atoms with Crippen LogP contribution in [0.15, 0.2) is 12.1 Å². The predicted molar refractivity (Wildman–Crippen MR) is 82.3 cm³/mol. The second-order valence-electron chi connectivity index (χ2n) is 5.80.